The minimum absolute atomic E-state index is 0.266. The van der Waals surface area contributed by atoms with Crippen molar-refractivity contribution in [2.75, 3.05) is 0 Å². The molecule has 2 rings (SSSR count). The van der Waals surface area contributed by atoms with Crippen LogP contribution in [0.1, 0.15) is 23.6 Å². The van der Waals surface area contributed by atoms with Gasteiger partial charge in [-0.25, -0.2) is 0 Å². The maximum atomic E-state index is 5.56. The second-order valence-electron chi connectivity index (χ2n) is 3.72. The van der Waals surface area contributed by atoms with Gasteiger partial charge in [-0.15, -0.1) is 0 Å². The largest absolute Gasteiger partial charge is 0.490 e. The van der Waals surface area contributed by atoms with Crippen LogP contribution in [0.25, 0.3) is 5.76 Å². The van der Waals surface area contributed by atoms with Gasteiger partial charge in [-0.3, -0.25) is 0 Å². The van der Waals surface area contributed by atoms with Gasteiger partial charge in [0.15, 0.2) is 0 Å². The van der Waals surface area contributed by atoms with E-state index in [1.54, 1.807) is 0 Å². The highest BCUT2D eigenvalue weighted by atomic mass is 16.5. The van der Waals surface area contributed by atoms with Crippen LogP contribution in [0, 0.1) is 6.92 Å². The molecule has 0 N–H and O–H groups in total. The third kappa shape index (κ3) is 1.46. The van der Waals surface area contributed by atoms with Gasteiger partial charge in [0.1, 0.15) is 5.76 Å². The fourth-order valence-electron chi connectivity index (χ4n) is 1.82. The Balaban J connectivity index is 2.49. The Bertz CT molecular complexity index is 352. The summed E-state index contributed by atoms with van der Waals surface area (Å²) in [5, 5.41) is 0. The lowest BCUT2D eigenvalue weighted by Crippen LogP contribution is -2.17. The van der Waals surface area contributed by atoms with Gasteiger partial charge in [0.05, 0.1) is 6.10 Å². The summed E-state index contributed by atoms with van der Waals surface area (Å²) in [7, 11) is 0. The van der Waals surface area contributed by atoms with E-state index < -0.39 is 0 Å². The van der Waals surface area contributed by atoms with E-state index in [9.17, 15) is 0 Å². The van der Waals surface area contributed by atoms with Crippen molar-refractivity contribution in [3.63, 3.8) is 0 Å². The number of benzene rings is 1. The summed E-state index contributed by atoms with van der Waals surface area (Å²) in [4.78, 5) is 0. The van der Waals surface area contributed by atoms with E-state index in [-0.39, 0.29) is 6.10 Å². The smallest absolute Gasteiger partial charge is 0.120 e. The fraction of sp³-hybridized carbons (Fsp3) is 0.333. The molecular formula is C12H14O. The summed E-state index contributed by atoms with van der Waals surface area (Å²) in [5.41, 5.74) is 3.84. The van der Waals surface area contributed by atoms with Crippen LogP contribution in [0.5, 0.6) is 0 Å². The van der Waals surface area contributed by atoms with Crippen LogP contribution in [0.2, 0.25) is 0 Å². The Morgan fingerprint density at radius 1 is 1.46 bits per heavy atom. The van der Waals surface area contributed by atoms with Gasteiger partial charge in [-0.1, -0.05) is 30.3 Å². The molecule has 1 aromatic carbocycles. The summed E-state index contributed by atoms with van der Waals surface area (Å²) in [6.45, 7) is 8.11. The summed E-state index contributed by atoms with van der Waals surface area (Å²) < 4.78 is 5.56. The Morgan fingerprint density at radius 3 is 3.00 bits per heavy atom. The van der Waals surface area contributed by atoms with Gasteiger partial charge in [0.25, 0.3) is 0 Å². The zero-order valence-corrected chi connectivity index (χ0v) is 8.13. The van der Waals surface area contributed by atoms with E-state index in [1.807, 2.05) is 0 Å². The Morgan fingerprint density at radius 2 is 2.23 bits per heavy atom. The molecule has 1 aliphatic rings. The SMILES string of the molecule is C=C1OC(C)Cc2cc(C)ccc21. The molecule has 1 aliphatic heterocycles. The Labute approximate surface area is 79.0 Å². The average molecular weight is 174 g/mol. The molecule has 68 valence electrons. The summed E-state index contributed by atoms with van der Waals surface area (Å²) >= 11 is 0. The molecule has 0 fully saturated rings. The lowest BCUT2D eigenvalue weighted by atomic mass is 9.96. The van der Waals surface area contributed by atoms with E-state index in [0.29, 0.717) is 0 Å². The van der Waals surface area contributed by atoms with E-state index in [2.05, 4.69) is 38.6 Å². The predicted molar refractivity (Wildman–Crippen MR) is 54.5 cm³/mol. The first-order valence-corrected chi connectivity index (χ1v) is 4.62. The molecule has 13 heavy (non-hydrogen) atoms. The van der Waals surface area contributed by atoms with Crippen molar-refractivity contribution in [1.29, 1.82) is 0 Å². The van der Waals surface area contributed by atoms with Crippen LogP contribution < -0.4 is 0 Å². The molecule has 0 bridgehead atoms. The normalized spacial score (nSPS) is 20.8. The Hall–Kier alpha value is -1.24. The van der Waals surface area contributed by atoms with Crippen LogP contribution in [-0.2, 0) is 11.2 Å². The van der Waals surface area contributed by atoms with Gasteiger partial charge in [-0.2, -0.15) is 0 Å². The van der Waals surface area contributed by atoms with E-state index >= 15 is 0 Å². The maximum absolute atomic E-state index is 5.56. The monoisotopic (exact) mass is 174 g/mol. The number of rotatable bonds is 0. The van der Waals surface area contributed by atoms with Crippen molar-refractivity contribution in [2.24, 2.45) is 0 Å². The van der Waals surface area contributed by atoms with Crippen molar-refractivity contribution in [3.8, 4) is 0 Å². The molecule has 1 unspecified atom stereocenters. The van der Waals surface area contributed by atoms with E-state index in [4.69, 9.17) is 4.74 Å². The predicted octanol–water partition coefficient (Wildman–Crippen LogP) is 2.93. The maximum Gasteiger partial charge on any atom is 0.120 e. The van der Waals surface area contributed by atoms with Crippen molar-refractivity contribution < 1.29 is 4.74 Å². The molecular weight excluding hydrogens is 160 g/mol. The topological polar surface area (TPSA) is 9.23 Å². The highest BCUT2D eigenvalue weighted by Crippen LogP contribution is 2.28. The summed E-state index contributed by atoms with van der Waals surface area (Å²) in [6, 6.07) is 6.42. The summed E-state index contributed by atoms with van der Waals surface area (Å²) in [5.74, 6) is 0.814. The molecule has 0 saturated carbocycles. The van der Waals surface area contributed by atoms with Gasteiger partial charge in [0.2, 0.25) is 0 Å². The molecule has 1 aromatic rings. The highest BCUT2D eigenvalue weighted by molar-refractivity contribution is 5.63. The van der Waals surface area contributed by atoms with Gasteiger partial charge in [0, 0.05) is 12.0 Å². The molecule has 1 heteroatoms. The molecule has 0 aliphatic carbocycles. The number of ether oxygens (including phenoxy) is 1. The number of hydrogen-bond donors (Lipinski definition) is 0. The zero-order valence-electron chi connectivity index (χ0n) is 8.13. The van der Waals surface area contributed by atoms with Crippen LogP contribution in [0.4, 0.5) is 0 Å². The highest BCUT2D eigenvalue weighted by Gasteiger charge is 2.18. The minimum atomic E-state index is 0.266. The van der Waals surface area contributed by atoms with Gasteiger partial charge >= 0.3 is 0 Å². The molecule has 1 atom stereocenters. The Kier molecular flexibility index (Phi) is 1.87. The van der Waals surface area contributed by atoms with Crippen molar-refractivity contribution in [3.05, 3.63) is 41.5 Å². The summed E-state index contributed by atoms with van der Waals surface area (Å²) in [6.07, 6.45) is 1.26. The average Bonchev–Trinajstić information content (AvgIpc) is 2.02. The second-order valence-corrected chi connectivity index (χ2v) is 3.72. The lowest BCUT2D eigenvalue weighted by Gasteiger charge is -2.25. The number of hydrogen-bond acceptors (Lipinski definition) is 1. The first-order chi connectivity index (χ1) is 6.16. The van der Waals surface area contributed by atoms with Crippen molar-refractivity contribution in [1.82, 2.24) is 0 Å². The van der Waals surface area contributed by atoms with Crippen LogP contribution in [0.15, 0.2) is 24.8 Å². The number of fused-ring (bicyclic) bond motifs is 1. The van der Waals surface area contributed by atoms with E-state index in [1.165, 1.54) is 16.7 Å². The van der Waals surface area contributed by atoms with Crippen LogP contribution in [0.3, 0.4) is 0 Å². The third-order valence-corrected chi connectivity index (χ3v) is 2.41. The molecule has 0 amide bonds. The zero-order chi connectivity index (χ0) is 9.42. The molecule has 0 saturated heterocycles. The molecule has 1 heterocycles. The fourth-order valence-corrected chi connectivity index (χ4v) is 1.82. The first-order valence-electron chi connectivity index (χ1n) is 4.62. The van der Waals surface area contributed by atoms with Crippen LogP contribution in [-0.4, -0.2) is 6.10 Å². The van der Waals surface area contributed by atoms with Gasteiger partial charge < -0.3 is 4.74 Å². The van der Waals surface area contributed by atoms with E-state index in [0.717, 1.165) is 12.2 Å². The lowest BCUT2D eigenvalue weighted by molar-refractivity contribution is 0.176. The quantitative estimate of drug-likeness (QED) is 0.587. The minimum Gasteiger partial charge on any atom is -0.490 e. The third-order valence-electron chi connectivity index (χ3n) is 2.41. The van der Waals surface area contributed by atoms with Gasteiger partial charge in [-0.05, 0) is 19.4 Å². The molecule has 0 radical (unpaired) electrons. The standard InChI is InChI=1S/C12H14O/c1-8-4-5-12-10(3)13-9(2)7-11(12)6-8/h4-6,9H,3,7H2,1-2H3. The molecule has 0 aromatic heterocycles. The van der Waals surface area contributed by atoms with Crippen LogP contribution >= 0.6 is 0 Å². The molecule has 1 nitrogen and oxygen atoms in total. The molecule has 0 spiro atoms. The van der Waals surface area contributed by atoms with Crippen molar-refractivity contribution >= 4 is 5.76 Å². The number of aryl methyl sites for hydroxylation is 1. The second kappa shape index (κ2) is 2.91. The van der Waals surface area contributed by atoms with Crippen molar-refractivity contribution in [2.45, 2.75) is 26.4 Å². The first kappa shape index (κ1) is 8.36.